The van der Waals surface area contributed by atoms with Crippen LogP contribution < -0.4 is 4.74 Å². The van der Waals surface area contributed by atoms with Gasteiger partial charge in [0, 0.05) is 24.5 Å². The van der Waals surface area contributed by atoms with Gasteiger partial charge in [0.15, 0.2) is 0 Å². The molecule has 1 aromatic rings. The summed E-state index contributed by atoms with van der Waals surface area (Å²) < 4.78 is 5.59. The summed E-state index contributed by atoms with van der Waals surface area (Å²) in [6, 6.07) is 7.84. The van der Waals surface area contributed by atoms with Crippen LogP contribution in [0.3, 0.4) is 0 Å². The fourth-order valence-electron chi connectivity index (χ4n) is 2.27. The molecule has 0 aliphatic carbocycles. The summed E-state index contributed by atoms with van der Waals surface area (Å²) in [6.07, 6.45) is 1.75. The lowest BCUT2D eigenvalue weighted by atomic mass is 9.92. The number of carbonyl (C=O) groups excluding carboxylic acids is 1. The van der Waals surface area contributed by atoms with Crippen molar-refractivity contribution in [1.82, 2.24) is 4.90 Å². The van der Waals surface area contributed by atoms with E-state index < -0.39 is 0 Å². The molecule has 1 amide bonds. The second-order valence-electron chi connectivity index (χ2n) is 4.53. The molecule has 1 aliphatic heterocycles. The zero-order chi connectivity index (χ0) is 13.0. The van der Waals surface area contributed by atoms with Gasteiger partial charge in [0.2, 0.25) is 5.91 Å². The Labute approximate surface area is 116 Å². The van der Waals surface area contributed by atoms with Gasteiger partial charge in [-0.2, -0.15) is 0 Å². The minimum atomic E-state index is -0.0460. The van der Waals surface area contributed by atoms with Crippen LogP contribution in [0.15, 0.2) is 24.3 Å². The van der Waals surface area contributed by atoms with Crippen LogP contribution in [-0.2, 0) is 4.79 Å². The molecule has 98 valence electrons. The molecular formula is C14H18BrNO2. The average Bonchev–Trinajstić information content (AvgIpc) is 2.43. The average molecular weight is 312 g/mol. The van der Waals surface area contributed by atoms with Crippen molar-refractivity contribution in [3.05, 3.63) is 29.8 Å². The van der Waals surface area contributed by atoms with Gasteiger partial charge in [-0.3, -0.25) is 4.79 Å². The van der Waals surface area contributed by atoms with E-state index in [4.69, 9.17) is 4.74 Å². The predicted molar refractivity (Wildman–Crippen MR) is 75.3 cm³/mol. The fraction of sp³-hybridized carbons (Fsp3) is 0.500. The molecule has 2 rings (SSSR count). The van der Waals surface area contributed by atoms with Crippen molar-refractivity contribution in [2.24, 2.45) is 0 Å². The highest BCUT2D eigenvalue weighted by Crippen LogP contribution is 2.34. The van der Waals surface area contributed by atoms with E-state index in [1.54, 1.807) is 0 Å². The van der Waals surface area contributed by atoms with Crippen molar-refractivity contribution in [3.63, 3.8) is 0 Å². The zero-order valence-electron chi connectivity index (χ0n) is 10.6. The minimum Gasteiger partial charge on any atom is -0.493 e. The maximum Gasteiger partial charge on any atom is 0.230 e. The number of carbonyl (C=O) groups is 1. The molecule has 18 heavy (non-hydrogen) atoms. The molecule has 1 unspecified atom stereocenters. The summed E-state index contributed by atoms with van der Waals surface area (Å²) in [5, 5.41) is 0.926. The number of benzene rings is 1. The molecular weight excluding hydrogens is 294 g/mol. The Morgan fingerprint density at radius 2 is 2.28 bits per heavy atom. The largest absolute Gasteiger partial charge is 0.493 e. The van der Waals surface area contributed by atoms with Crippen LogP contribution in [0.25, 0.3) is 0 Å². The summed E-state index contributed by atoms with van der Waals surface area (Å²) in [7, 11) is 1.88. The lowest BCUT2D eigenvalue weighted by Crippen LogP contribution is -2.35. The first-order valence-corrected chi connectivity index (χ1v) is 7.39. The number of likely N-dealkylation sites (N-methyl/N-ethyl adjacent to an activating group) is 1. The highest BCUT2D eigenvalue weighted by molar-refractivity contribution is 9.09. The van der Waals surface area contributed by atoms with Crippen LogP contribution in [0.2, 0.25) is 0 Å². The first-order valence-electron chi connectivity index (χ1n) is 6.26. The zero-order valence-corrected chi connectivity index (χ0v) is 12.1. The smallest absolute Gasteiger partial charge is 0.230 e. The van der Waals surface area contributed by atoms with Crippen LogP contribution >= 0.6 is 15.9 Å². The van der Waals surface area contributed by atoms with Crippen molar-refractivity contribution >= 4 is 21.8 Å². The van der Waals surface area contributed by atoms with E-state index in [9.17, 15) is 4.79 Å². The number of hydrogen-bond donors (Lipinski definition) is 0. The monoisotopic (exact) mass is 311 g/mol. The third-order valence-electron chi connectivity index (χ3n) is 3.26. The van der Waals surface area contributed by atoms with Gasteiger partial charge in [0.25, 0.3) is 0 Å². The van der Waals surface area contributed by atoms with Gasteiger partial charge in [0.05, 0.1) is 12.5 Å². The lowest BCUT2D eigenvalue weighted by molar-refractivity contribution is -0.132. The van der Waals surface area contributed by atoms with E-state index in [1.165, 1.54) is 0 Å². The van der Waals surface area contributed by atoms with Crippen molar-refractivity contribution in [3.8, 4) is 5.75 Å². The summed E-state index contributed by atoms with van der Waals surface area (Å²) in [5.41, 5.74) is 1.03. The molecule has 0 fully saturated rings. The van der Waals surface area contributed by atoms with E-state index in [2.05, 4.69) is 15.9 Å². The van der Waals surface area contributed by atoms with Crippen molar-refractivity contribution in [2.45, 2.75) is 18.8 Å². The number of rotatable bonds is 4. The topological polar surface area (TPSA) is 29.5 Å². The highest BCUT2D eigenvalue weighted by Gasteiger charge is 2.29. The van der Waals surface area contributed by atoms with Crippen molar-refractivity contribution in [1.29, 1.82) is 0 Å². The van der Waals surface area contributed by atoms with Crippen LogP contribution in [0.4, 0.5) is 0 Å². The third-order valence-corrected chi connectivity index (χ3v) is 3.82. The molecule has 0 spiro atoms. The molecule has 4 heteroatoms. The van der Waals surface area contributed by atoms with E-state index >= 15 is 0 Å². The Hall–Kier alpha value is -1.03. The Balaban J connectivity index is 2.12. The first kappa shape index (κ1) is 13.4. The fourth-order valence-corrected chi connectivity index (χ4v) is 2.52. The number of fused-ring (bicyclic) bond motifs is 1. The number of ether oxygens (including phenoxy) is 1. The second kappa shape index (κ2) is 6.23. The van der Waals surface area contributed by atoms with Gasteiger partial charge < -0.3 is 9.64 Å². The summed E-state index contributed by atoms with van der Waals surface area (Å²) >= 11 is 3.39. The van der Waals surface area contributed by atoms with E-state index in [0.29, 0.717) is 6.61 Å². The Morgan fingerprint density at radius 3 is 3.06 bits per heavy atom. The van der Waals surface area contributed by atoms with Gasteiger partial charge in [-0.25, -0.2) is 0 Å². The third kappa shape index (κ3) is 2.86. The van der Waals surface area contributed by atoms with Gasteiger partial charge in [-0.15, -0.1) is 0 Å². The number of para-hydroxylation sites is 1. The molecule has 0 saturated carbocycles. The van der Waals surface area contributed by atoms with E-state index in [0.717, 1.165) is 36.0 Å². The number of amides is 1. The Morgan fingerprint density at radius 1 is 1.50 bits per heavy atom. The minimum absolute atomic E-state index is 0.0460. The SMILES string of the molecule is CN(CCCBr)C(=O)C1CCOc2ccccc21. The normalized spacial score (nSPS) is 17.8. The van der Waals surface area contributed by atoms with Gasteiger partial charge in [0.1, 0.15) is 5.75 Å². The number of alkyl halides is 1. The van der Waals surface area contributed by atoms with Gasteiger partial charge in [-0.1, -0.05) is 34.1 Å². The van der Waals surface area contributed by atoms with E-state index in [1.807, 2.05) is 36.2 Å². The number of hydrogen-bond acceptors (Lipinski definition) is 2. The van der Waals surface area contributed by atoms with E-state index in [-0.39, 0.29) is 11.8 Å². The van der Waals surface area contributed by atoms with Gasteiger partial charge in [-0.05, 0) is 18.9 Å². The second-order valence-corrected chi connectivity index (χ2v) is 5.32. The molecule has 1 aromatic carbocycles. The quantitative estimate of drug-likeness (QED) is 0.800. The Kier molecular flexibility index (Phi) is 4.64. The summed E-state index contributed by atoms with van der Waals surface area (Å²) in [4.78, 5) is 14.2. The molecule has 3 nitrogen and oxygen atoms in total. The Bertz CT molecular complexity index is 422. The number of halogens is 1. The molecule has 0 radical (unpaired) electrons. The van der Waals surface area contributed by atoms with Crippen LogP contribution in [0.5, 0.6) is 5.75 Å². The van der Waals surface area contributed by atoms with Crippen molar-refractivity contribution in [2.75, 3.05) is 25.5 Å². The highest BCUT2D eigenvalue weighted by atomic mass is 79.9. The van der Waals surface area contributed by atoms with Gasteiger partial charge >= 0.3 is 0 Å². The summed E-state index contributed by atoms with van der Waals surface area (Å²) in [6.45, 7) is 1.42. The standard InChI is InChI=1S/C14H18BrNO2/c1-16(9-4-8-15)14(17)12-7-10-18-13-6-3-2-5-11(12)13/h2-3,5-6,12H,4,7-10H2,1H3. The maximum atomic E-state index is 12.4. The molecule has 0 aromatic heterocycles. The maximum absolute atomic E-state index is 12.4. The molecule has 1 heterocycles. The molecule has 1 aliphatic rings. The molecule has 0 N–H and O–H groups in total. The summed E-state index contributed by atoms with van der Waals surface area (Å²) in [5.74, 6) is 1.01. The molecule has 0 saturated heterocycles. The van der Waals surface area contributed by atoms with Crippen LogP contribution in [0, 0.1) is 0 Å². The number of nitrogens with zero attached hydrogens (tertiary/aromatic N) is 1. The van der Waals surface area contributed by atoms with Crippen LogP contribution in [-0.4, -0.2) is 36.3 Å². The molecule has 0 bridgehead atoms. The van der Waals surface area contributed by atoms with Crippen molar-refractivity contribution < 1.29 is 9.53 Å². The van der Waals surface area contributed by atoms with Crippen LogP contribution in [0.1, 0.15) is 24.3 Å². The molecule has 1 atom stereocenters. The lowest BCUT2D eigenvalue weighted by Gasteiger charge is -2.28. The predicted octanol–water partition coefficient (Wildman–Crippen LogP) is 2.80. The first-order chi connectivity index (χ1) is 8.74.